The summed E-state index contributed by atoms with van der Waals surface area (Å²) in [6.45, 7) is 8.88. The fourth-order valence-corrected chi connectivity index (χ4v) is 5.23. The molecule has 204 valence electrons. The van der Waals surface area contributed by atoms with Crippen molar-refractivity contribution < 1.29 is 13.9 Å². The number of hydrogen-bond donors (Lipinski definition) is 0. The van der Waals surface area contributed by atoms with Gasteiger partial charge in [0.15, 0.2) is 0 Å². The largest absolute Gasteiger partial charge is 0.408 e. The molecule has 0 fully saturated rings. The van der Waals surface area contributed by atoms with Crippen LogP contribution in [0.2, 0.25) is 0 Å². The maximum Gasteiger partial charge on any atom is 0.408 e. The molecule has 0 unspecified atom stereocenters. The van der Waals surface area contributed by atoms with E-state index in [2.05, 4.69) is 91.6 Å². The highest BCUT2D eigenvalue weighted by atomic mass is 32.1. The van der Waals surface area contributed by atoms with E-state index < -0.39 is 0 Å². The van der Waals surface area contributed by atoms with E-state index in [0.29, 0.717) is 13.2 Å². The Bertz CT molecular complexity index is 1240. The Balaban J connectivity index is 1.16. The molecule has 0 radical (unpaired) electrons. The Labute approximate surface area is 238 Å². The predicted molar refractivity (Wildman–Crippen MR) is 159 cm³/mol. The number of aryl methyl sites for hydroxylation is 2. The molecular weight excluding hydrogens is 528 g/mol. The van der Waals surface area contributed by atoms with Gasteiger partial charge in [-0.25, -0.2) is 9.13 Å². The molecule has 2 aromatic heterocycles. The van der Waals surface area contributed by atoms with Crippen LogP contribution in [0, 0.1) is 0 Å². The normalized spacial score (nSPS) is 11.6. The molecule has 0 aliphatic heterocycles. The molecule has 4 rings (SSSR count). The molecule has 0 amide bonds. The zero-order valence-electron chi connectivity index (χ0n) is 23.0. The number of aromatic nitrogens is 2. The summed E-state index contributed by atoms with van der Waals surface area (Å²) < 4.78 is 10.1. The molecule has 39 heavy (non-hydrogen) atoms. The fourth-order valence-electron chi connectivity index (χ4n) is 3.75. The molecule has 2 aromatic carbocycles. The summed E-state index contributed by atoms with van der Waals surface area (Å²) in [5, 5.41) is 23.3. The van der Waals surface area contributed by atoms with Crippen LogP contribution in [0.25, 0.3) is 0 Å². The van der Waals surface area contributed by atoms with Crippen molar-refractivity contribution >= 4 is 55.7 Å². The van der Waals surface area contributed by atoms with Crippen molar-refractivity contribution in [2.75, 3.05) is 50.2 Å². The average Bonchev–Trinajstić information content (AvgIpc) is 3.64. The number of anilines is 2. The van der Waals surface area contributed by atoms with Gasteiger partial charge in [-0.3, -0.25) is 0 Å². The fraction of sp³-hybridized carbons (Fsp3) is 0.357. The molecular formula is C28H36N8OS2+2. The summed E-state index contributed by atoms with van der Waals surface area (Å²) in [5.41, 5.74) is 3.92. The van der Waals surface area contributed by atoms with Gasteiger partial charge in [0.1, 0.15) is 23.8 Å². The minimum atomic E-state index is 0.654. The Morgan fingerprint density at radius 2 is 1.05 bits per heavy atom. The lowest BCUT2D eigenvalue weighted by Crippen LogP contribution is -2.28. The third-order valence-corrected chi connectivity index (χ3v) is 7.80. The van der Waals surface area contributed by atoms with Crippen LogP contribution in [-0.2, 0) is 17.8 Å². The molecule has 2 heterocycles. The van der Waals surface area contributed by atoms with Crippen LogP contribution in [0.15, 0.2) is 92.1 Å². The summed E-state index contributed by atoms with van der Waals surface area (Å²) in [6.07, 6.45) is 4.05. The van der Waals surface area contributed by atoms with E-state index in [1.54, 1.807) is 22.7 Å². The van der Waals surface area contributed by atoms with Crippen molar-refractivity contribution in [3.63, 3.8) is 0 Å². The molecule has 4 aromatic rings. The molecule has 11 heteroatoms. The van der Waals surface area contributed by atoms with Gasteiger partial charge >= 0.3 is 10.3 Å². The van der Waals surface area contributed by atoms with Crippen LogP contribution in [0.1, 0.15) is 13.8 Å². The third-order valence-electron chi connectivity index (χ3n) is 6.23. The number of thiazole rings is 2. The van der Waals surface area contributed by atoms with Gasteiger partial charge in [0.25, 0.3) is 0 Å². The van der Waals surface area contributed by atoms with E-state index >= 15 is 0 Å². The van der Waals surface area contributed by atoms with Crippen LogP contribution >= 0.6 is 22.7 Å². The predicted octanol–water partition coefficient (Wildman–Crippen LogP) is 6.84. The topological polar surface area (TPSA) is 72.9 Å². The number of azo groups is 2. The Morgan fingerprint density at radius 3 is 1.44 bits per heavy atom. The van der Waals surface area contributed by atoms with Crippen molar-refractivity contribution in [2.24, 2.45) is 20.5 Å². The monoisotopic (exact) mass is 564 g/mol. The molecule has 0 bridgehead atoms. The van der Waals surface area contributed by atoms with Gasteiger partial charge in [-0.1, -0.05) is 0 Å². The highest BCUT2D eigenvalue weighted by Gasteiger charge is 2.11. The van der Waals surface area contributed by atoms with E-state index in [1.807, 2.05) is 47.4 Å². The summed E-state index contributed by atoms with van der Waals surface area (Å²) in [5.74, 6) is 0. The maximum atomic E-state index is 5.92. The van der Waals surface area contributed by atoms with E-state index in [4.69, 9.17) is 4.74 Å². The number of rotatable bonds is 14. The van der Waals surface area contributed by atoms with Crippen LogP contribution in [-0.4, -0.2) is 40.4 Å². The Kier molecular flexibility index (Phi) is 10.6. The zero-order chi connectivity index (χ0) is 27.5. The van der Waals surface area contributed by atoms with Gasteiger partial charge in [0.05, 0.1) is 36.5 Å². The van der Waals surface area contributed by atoms with Gasteiger partial charge < -0.3 is 14.5 Å². The van der Waals surface area contributed by atoms with Gasteiger partial charge in [-0.05, 0) is 95.3 Å². The average molecular weight is 565 g/mol. The van der Waals surface area contributed by atoms with Crippen molar-refractivity contribution in [1.29, 1.82) is 0 Å². The molecule has 0 saturated carbocycles. The zero-order valence-corrected chi connectivity index (χ0v) is 24.6. The van der Waals surface area contributed by atoms with Gasteiger partial charge in [0.2, 0.25) is 0 Å². The van der Waals surface area contributed by atoms with Gasteiger partial charge in [-0.2, -0.15) is 0 Å². The standard InChI is InChI=1S/C28H36N8OS2/c1-5-35-17-21-38-27(35)31-29-23-7-11-25(12-8-23)33(3)15-19-37-20-16-34(4)26-13-9-24(10-14-26)30-32-28-36(6-2)18-22-39-28/h7-14,17-18,21-22H,5-6,15-16,19-20H2,1-4H3/q+2. The van der Waals surface area contributed by atoms with E-state index in [9.17, 15) is 0 Å². The second-order valence-corrected chi connectivity index (χ2v) is 10.6. The quantitative estimate of drug-likeness (QED) is 0.0956. The summed E-state index contributed by atoms with van der Waals surface area (Å²) in [6, 6.07) is 16.2. The number of hydrogen-bond acceptors (Lipinski definition) is 9. The molecule has 0 spiro atoms. The Hall–Kier alpha value is -3.54. The number of likely N-dealkylation sites (N-methyl/N-ethyl adjacent to an activating group) is 2. The highest BCUT2D eigenvalue weighted by molar-refractivity contribution is 7.13. The summed E-state index contributed by atoms with van der Waals surface area (Å²) >= 11 is 3.17. The summed E-state index contributed by atoms with van der Waals surface area (Å²) in [7, 11) is 4.14. The lowest BCUT2D eigenvalue weighted by molar-refractivity contribution is -0.677. The molecule has 0 atom stereocenters. The first kappa shape index (κ1) is 28.5. The van der Waals surface area contributed by atoms with Crippen LogP contribution in [0.3, 0.4) is 0 Å². The second kappa shape index (κ2) is 14.6. The molecule has 9 nitrogen and oxygen atoms in total. The van der Waals surface area contributed by atoms with Crippen LogP contribution < -0.4 is 18.9 Å². The minimum absolute atomic E-state index is 0.654. The van der Waals surface area contributed by atoms with Crippen LogP contribution in [0.4, 0.5) is 33.0 Å². The minimum Gasteiger partial charge on any atom is -0.378 e. The van der Waals surface area contributed by atoms with Gasteiger partial charge in [-0.15, -0.1) is 0 Å². The molecule has 0 aliphatic carbocycles. The number of ether oxygens (including phenoxy) is 1. The Morgan fingerprint density at radius 1 is 0.641 bits per heavy atom. The smallest absolute Gasteiger partial charge is 0.378 e. The van der Waals surface area contributed by atoms with Crippen molar-refractivity contribution in [2.45, 2.75) is 26.9 Å². The SMILES string of the molecule is CC[n+]1ccsc1/N=N/c1ccc(N(C)CCOCCN(C)c2ccc(/N=N/c3scc[n+]3CC)cc2)cc1. The number of benzene rings is 2. The first-order chi connectivity index (χ1) is 19.1. The third kappa shape index (κ3) is 8.22. The van der Waals surface area contributed by atoms with E-state index in [1.165, 1.54) is 0 Å². The first-order valence-corrected chi connectivity index (χ1v) is 14.8. The summed E-state index contributed by atoms with van der Waals surface area (Å²) in [4.78, 5) is 4.36. The van der Waals surface area contributed by atoms with Gasteiger partial charge in [0, 0.05) is 49.3 Å². The van der Waals surface area contributed by atoms with Crippen molar-refractivity contribution in [3.05, 3.63) is 71.7 Å². The second-order valence-electron chi connectivity index (χ2n) is 8.83. The highest BCUT2D eigenvalue weighted by Crippen LogP contribution is 2.23. The molecule has 0 aliphatic rings. The first-order valence-electron chi connectivity index (χ1n) is 13.0. The lowest BCUT2D eigenvalue weighted by Gasteiger charge is -2.21. The van der Waals surface area contributed by atoms with Crippen molar-refractivity contribution in [1.82, 2.24) is 0 Å². The van der Waals surface area contributed by atoms with E-state index in [0.717, 1.165) is 59.2 Å². The van der Waals surface area contributed by atoms with E-state index in [-0.39, 0.29) is 0 Å². The number of nitrogens with zero attached hydrogens (tertiary/aromatic N) is 8. The lowest BCUT2D eigenvalue weighted by atomic mass is 10.2. The maximum absolute atomic E-state index is 5.92. The molecule has 0 N–H and O–H groups in total. The molecule has 0 saturated heterocycles. The van der Waals surface area contributed by atoms with Crippen molar-refractivity contribution in [3.8, 4) is 0 Å². The van der Waals surface area contributed by atoms with Crippen LogP contribution in [0.5, 0.6) is 0 Å².